The quantitative estimate of drug-likeness (QED) is 0.887. The number of nitrogens with one attached hydrogen (secondary N) is 1. The fourth-order valence-electron chi connectivity index (χ4n) is 1.67. The Labute approximate surface area is 121 Å². The lowest BCUT2D eigenvalue weighted by atomic mass is 10.2. The first-order valence-corrected chi connectivity index (χ1v) is 6.34. The topological polar surface area (TPSA) is 77.2 Å². The largest absolute Gasteiger partial charge is 0.486 e. The van der Waals surface area contributed by atoms with Gasteiger partial charge in [0.25, 0.3) is 5.91 Å². The van der Waals surface area contributed by atoms with Crippen molar-refractivity contribution in [1.29, 1.82) is 0 Å². The van der Waals surface area contributed by atoms with Gasteiger partial charge < -0.3 is 15.8 Å². The molecule has 0 saturated carbocycles. The summed E-state index contributed by atoms with van der Waals surface area (Å²) in [5.41, 5.74) is 6.20. The second-order valence-corrected chi connectivity index (χ2v) is 4.43. The average Bonchev–Trinajstić information content (AvgIpc) is 2.46. The molecule has 1 aromatic heterocycles. The zero-order valence-electron chi connectivity index (χ0n) is 10.9. The van der Waals surface area contributed by atoms with Crippen molar-refractivity contribution in [2.75, 3.05) is 12.4 Å². The molecule has 0 unspecified atom stereocenters. The van der Waals surface area contributed by atoms with Crippen molar-refractivity contribution in [3.8, 4) is 5.75 Å². The van der Waals surface area contributed by atoms with E-state index in [1.807, 2.05) is 0 Å². The van der Waals surface area contributed by atoms with Crippen molar-refractivity contribution in [3.05, 3.63) is 52.7 Å². The van der Waals surface area contributed by atoms with Gasteiger partial charge >= 0.3 is 0 Å². The number of primary amides is 1. The van der Waals surface area contributed by atoms with Gasteiger partial charge in [0.15, 0.2) is 0 Å². The molecule has 6 heteroatoms. The number of ether oxygens (including phenoxy) is 1. The zero-order chi connectivity index (χ0) is 14.5. The summed E-state index contributed by atoms with van der Waals surface area (Å²) in [6.07, 6.45) is 0. The number of amides is 1. The van der Waals surface area contributed by atoms with Gasteiger partial charge in [0.1, 0.15) is 18.2 Å². The van der Waals surface area contributed by atoms with Crippen molar-refractivity contribution in [2.24, 2.45) is 5.73 Å². The van der Waals surface area contributed by atoms with E-state index in [0.29, 0.717) is 27.8 Å². The molecule has 0 radical (unpaired) electrons. The van der Waals surface area contributed by atoms with E-state index in [1.165, 1.54) is 0 Å². The number of hydrogen-bond donors (Lipinski definition) is 2. The van der Waals surface area contributed by atoms with Crippen LogP contribution in [0.1, 0.15) is 16.1 Å². The minimum Gasteiger partial charge on any atom is -0.486 e. The second kappa shape index (κ2) is 6.25. The van der Waals surface area contributed by atoms with Crippen LogP contribution in [0.2, 0.25) is 5.02 Å². The lowest BCUT2D eigenvalue weighted by molar-refractivity contribution is 0.0996. The number of nitrogens with zero attached hydrogens (tertiary/aromatic N) is 1. The second-order valence-electron chi connectivity index (χ2n) is 4.02. The molecule has 2 rings (SSSR count). The average molecular weight is 292 g/mol. The molecular weight excluding hydrogens is 278 g/mol. The number of aromatic nitrogens is 1. The summed E-state index contributed by atoms with van der Waals surface area (Å²) in [5, 5.41) is 3.42. The van der Waals surface area contributed by atoms with Crippen molar-refractivity contribution < 1.29 is 9.53 Å². The van der Waals surface area contributed by atoms with Crippen molar-refractivity contribution in [2.45, 2.75) is 6.61 Å². The van der Waals surface area contributed by atoms with Gasteiger partial charge in [0.2, 0.25) is 0 Å². The maximum Gasteiger partial charge on any atom is 0.252 e. The first-order chi connectivity index (χ1) is 9.61. The van der Waals surface area contributed by atoms with E-state index in [-0.39, 0.29) is 6.61 Å². The predicted octanol–water partition coefficient (Wildman–Crippen LogP) is 2.45. The molecule has 0 aliphatic carbocycles. The Bertz CT molecular complexity index is 632. The molecule has 0 aliphatic rings. The number of hydrogen-bond acceptors (Lipinski definition) is 4. The van der Waals surface area contributed by atoms with Crippen LogP contribution < -0.4 is 15.8 Å². The summed E-state index contributed by atoms with van der Waals surface area (Å²) in [5.74, 6) is 0.563. The summed E-state index contributed by atoms with van der Waals surface area (Å²) in [4.78, 5) is 15.6. The summed E-state index contributed by atoms with van der Waals surface area (Å²) >= 11 is 6.06. The Hall–Kier alpha value is -2.27. The number of para-hydroxylation sites is 1. The Morgan fingerprint density at radius 3 is 2.80 bits per heavy atom. The molecule has 5 nitrogen and oxygen atoms in total. The molecule has 0 fully saturated rings. The lowest BCUT2D eigenvalue weighted by Gasteiger charge is -2.10. The third-order valence-corrected chi connectivity index (χ3v) is 3.04. The van der Waals surface area contributed by atoms with Crippen LogP contribution in [0.15, 0.2) is 36.4 Å². The monoisotopic (exact) mass is 291 g/mol. The smallest absolute Gasteiger partial charge is 0.252 e. The molecule has 0 saturated heterocycles. The normalized spacial score (nSPS) is 10.1. The molecule has 3 N–H and O–H groups in total. The van der Waals surface area contributed by atoms with Crippen LogP contribution in [0, 0.1) is 0 Å². The van der Waals surface area contributed by atoms with E-state index in [2.05, 4.69) is 10.3 Å². The summed E-state index contributed by atoms with van der Waals surface area (Å²) in [6.45, 7) is 0.151. The van der Waals surface area contributed by atoms with Crippen LogP contribution in [0.4, 0.5) is 5.82 Å². The zero-order valence-corrected chi connectivity index (χ0v) is 11.6. The van der Waals surface area contributed by atoms with E-state index in [4.69, 9.17) is 22.1 Å². The summed E-state index contributed by atoms with van der Waals surface area (Å²) in [7, 11) is 1.77. The van der Waals surface area contributed by atoms with Gasteiger partial charge in [0.05, 0.1) is 16.3 Å². The molecule has 0 bridgehead atoms. The Morgan fingerprint density at radius 1 is 1.35 bits per heavy atom. The molecule has 0 spiro atoms. The molecule has 104 valence electrons. The molecule has 1 heterocycles. The van der Waals surface area contributed by atoms with Crippen molar-refractivity contribution >= 4 is 23.3 Å². The molecule has 1 aromatic carbocycles. The third-order valence-electron chi connectivity index (χ3n) is 2.69. The maximum absolute atomic E-state index is 11.3. The van der Waals surface area contributed by atoms with Crippen molar-refractivity contribution in [1.82, 2.24) is 4.98 Å². The highest BCUT2D eigenvalue weighted by Crippen LogP contribution is 2.21. The molecule has 0 atom stereocenters. The number of carbonyl (C=O) groups is 1. The fourth-order valence-corrected chi connectivity index (χ4v) is 1.83. The van der Waals surface area contributed by atoms with Gasteiger partial charge in [0, 0.05) is 7.05 Å². The van der Waals surface area contributed by atoms with Crippen molar-refractivity contribution in [3.63, 3.8) is 0 Å². The van der Waals surface area contributed by atoms with Crippen LogP contribution >= 0.6 is 11.6 Å². The van der Waals surface area contributed by atoms with Gasteiger partial charge in [-0.05, 0) is 24.3 Å². The highest BCUT2D eigenvalue weighted by molar-refractivity contribution is 6.31. The minimum atomic E-state index is -0.538. The van der Waals surface area contributed by atoms with Crippen LogP contribution in [0.25, 0.3) is 0 Å². The van der Waals surface area contributed by atoms with Crippen LogP contribution in [0.5, 0.6) is 5.75 Å². The Morgan fingerprint density at radius 2 is 2.10 bits per heavy atom. The van der Waals surface area contributed by atoms with Gasteiger partial charge in [-0.2, -0.15) is 0 Å². The number of rotatable bonds is 5. The fraction of sp³-hybridized carbons (Fsp3) is 0.143. The number of carbonyl (C=O) groups excluding carboxylic acids is 1. The van der Waals surface area contributed by atoms with E-state index >= 15 is 0 Å². The van der Waals surface area contributed by atoms with Gasteiger partial charge in [-0.25, -0.2) is 4.98 Å². The first-order valence-electron chi connectivity index (χ1n) is 5.96. The number of benzene rings is 1. The highest BCUT2D eigenvalue weighted by Gasteiger charge is 2.10. The number of anilines is 1. The first kappa shape index (κ1) is 14.1. The summed E-state index contributed by atoms with van der Waals surface area (Å²) in [6, 6.07) is 10.3. The Balaban J connectivity index is 2.19. The number of nitrogens with two attached hydrogens (primary N) is 1. The van der Waals surface area contributed by atoms with E-state index in [1.54, 1.807) is 43.4 Å². The summed E-state index contributed by atoms with van der Waals surface area (Å²) < 4.78 is 5.59. The molecule has 1 amide bonds. The van der Waals surface area contributed by atoms with E-state index < -0.39 is 5.91 Å². The van der Waals surface area contributed by atoms with E-state index in [0.717, 1.165) is 0 Å². The van der Waals surface area contributed by atoms with Crippen LogP contribution in [-0.4, -0.2) is 17.9 Å². The standard InChI is InChI=1S/C14H14ClN3O2/c1-17-13-7-6-10(15)11(18-13)8-20-12-5-3-2-4-9(12)14(16)19/h2-7H,8H2,1H3,(H2,16,19)(H,17,18). The molecule has 0 aliphatic heterocycles. The number of pyridine rings is 1. The molecular formula is C14H14ClN3O2. The minimum absolute atomic E-state index is 0.151. The third kappa shape index (κ3) is 3.19. The van der Waals surface area contributed by atoms with Crippen LogP contribution in [-0.2, 0) is 6.61 Å². The van der Waals surface area contributed by atoms with Gasteiger partial charge in [-0.3, -0.25) is 4.79 Å². The maximum atomic E-state index is 11.3. The number of halogens is 1. The Kier molecular flexibility index (Phi) is 4.42. The predicted molar refractivity (Wildman–Crippen MR) is 78.1 cm³/mol. The van der Waals surface area contributed by atoms with Gasteiger partial charge in [-0.1, -0.05) is 23.7 Å². The molecule has 20 heavy (non-hydrogen) atoms. The van der Waals surface area contributed by atoms with E-state index in [9.17, 15) is 4.79 Å². The highest BCUT2D eigenvalue weighted by atomic mass is 35.5. The van der Waals surface area contributed by atoms with Gasteiger partial charge in [-0.15, -0.1) is 0 Å². The molecule has 2 aromatic rings. The lowest BCUT2D eigenvalue weighted by Crippen LogP contribution is -2.13. The SMILES string of the molecule is CNc1ccc(Cl)c(COc2ccccc2C(N)=O)n1. The van der Waals surface area contributed by atoms with Crippen LogP contribution in [0.3, 0.4) is 0 Å².